The number of carbonyl (C=O) groups excluding carboxylic acids is 1. The number of hydrogen-bond donors (Lipinski definition) is 0. The van der Waals surface area contributed by atoms with Gasteiger partial charge < -0.3 is 0 Å². The van der Waals surface area contributed by atoms with Gasteiger partial charge in [0.2, 0.25) is 5.78 Å². The maximum absolute atomic E-state index is 12.4. The Labute approximate surface area is 108 Å². The molecule has 17 heavy (non-hydrogen) atoms. The van der Waals surface area contributed by atoms with Crippen molar-refractivity contribution in [2.24, 2.45) is 7.05 Å². The number of ketones is 1. The van der Waals surface area contributed by atoms with Gasteiger partial charge >= 0.3 is 0 Å². The molecule has 0 aliphatic heterocycles. The van der Waals surface area contributed by atoms with Crippen molar-refractivity contribution < 1.29 is 4.79 Å². The molecule has 0 atom stereocenters. The average molecular weight is 297 g/mol. The monoisotopic (exact) mass is 296 g/mol. The van der Waals surface area contributed by atoms with E-state index in [1.54, 1.807) is 28.7 Å². The van der Waals surface area contributed by atoms with Crippen LogP contribution in [0.3, 0.4) is 0 Å². The third kappa shape index (κ3) is 2.04. The van der Waals surface area contributed by atoms with Gasteiger partial charge in [-0.25, -0.2) is 0 Å². The first-order valence-electron chi connectivity index (χ1n) is 5.31. The number of aryl methyl sites for hydroxylation is 3. The van der Waals surface area contributed by atoms with E-state index < -0.39 is 0 Å². The first-order chi connectivity index (χ1) is 8.04. The summed E-state index contributed by atoms with van der Waals surface area (Å²) in [4.78, 5) is 12.4. The van der Waals surface area contributed by atoms with Crippen molar-refractivity contribution >= 4 is 21.7 Å². The largest absolute Gasteiger partial charge is 0.285 e. The van der Waals surface area contributed by atoms with Gasteiger partial charge in [-0.3, -0.25) is 14.2 Å². The summed E-state index contributed by atoms with van der Waals surface area (Å²) in [6, 6.07) is 1.80. The smallest absolute Gasteiger partial charge is 0.230 e. The third-order valence-electron chi connectivity index (χ3n) is 2.54. The fourth-order valence-corrected chi connectivity index (χ4v) is 2.29. The third-order valence-corrected chi connectivity index (χ3v) is 3.12. The summed E-state index contributed by atoms with van der Waals surface area (Å²) in [6.07, 6.45) is 1.62. The number of carbonyl (C=O) groups is 1. The Morgan fingerprint density at radius 2 is 2.24 bits per heavy atom. The van der Waals surface area contributed by atoms with E-state index in [0.29, 0.717) is 22.4 Å². The van der Waals surface area contributed by atoms with Gasteiger partial charge in [-0.1, -0.05) is 0 Å². The minimum Gasteiger partial charge on any atom is -0.285 e. The van der Waals surface area contributed by atoms with Crippen molar-refractivity contribution in [3.63, 3.8) is 0 Å². The molecule has 0 saturated carbocycles. The maximum atomic E-state index is 12.4. The van der Waals surface area contributed by atoms with E-state index >= 15 is 0 Å². The maximum Gasteiger partial charge on any atom is 0.230 e. The molecule has 90 valence electrons. The molecule has 0 unspecified atom stereocenters. The van der Waals surface area contributed by atoms with Gasteiger partial charge in [0, 0.05) is 13.6 Å². The van der Waals surface area contributed by atoms with Crippen LogP contribution in [-0.2, 0) is 13.6 Å². The van der Waals surface area contributed by atoms with Gasteiger partial charge in [-0.05, 0) is 35.8 Å². The van der Waals surface area contributed by atoms with E-state index in [2.05, 4.69) is 26.1 Å². The summed E-state index contributed by atoms with van der Waals surface area (Å²) in [7, 11) is 1.75. The highest BCUT2D eigenvalue weighted by Crippen LogP contribution is 2.19. The molecule has 0 N–H and O–H groups in total. The quantitative estimate of drug-likeness (QED) is 0.814. The number of rotatable bonds is 3. The van der Waals surface area contributed by atoms with Crippen LogP contribution in [0.25, 0.3) is 0 Å². The molecule has 2 rings (SSSR count). The zero-order valence-corrected chi connectivity index (χ0v) is 11.5. The summed E-state index contributed by atoms with van der Waals surface area (Å²) in [5, 5.41) is 8.31. The van der Waals surface area contributed by atoms with Gasteiger partial charge in [0.25, 0.3) is 0 Å². The molecule has 0 spiro atoms. The highest BCUT2D eigenvalue weighted by atomic mass is 79.9. The SMILES string of the molecule is CCn1nc(C)cc1C(=O)c1c(Br)cnn1C. The standard InChI is InChI=1S/C11H13BrN4O/c1-4-16-9(5-7(2)14-16)11(17)10-8(12)6-13-15(10)3/h5-6H,4H2,1-3H3. The summed E-state index contributed by atoms with van der Waals surface area (Å²) in [5.74, 6) is -0.0701. The van der Waals surface area contributed by atoms with Gasteiger partial charge in [0.1, 0.15) is 11.4 Å². The van der Waals surface area contributed by atoms with Crippen molar-refractivity contribution in [2.75, 3.05) is 0 Å². The molecule has 6 heteroatoms. The zero-order valence-electron chi connectivity index (χ0n) is 9.94. The lowest BCUT2D eigenvalue weighted by Gasteiger charge is -2.04. The molecule has 0 aliphatic carbocycles. The van der Waals surface area contributed by atoms with Crippen LogP contribution < -0.4 is 0 Å². The molecule has 0 saturated heterocycles. The van der Waals surface area contributed by atoms with Crippen LogP contribution in [0.5, 0.6) is 0 Å². The lowest BCUT2D eigenvalue weighted by molar-refractivity contribution is 0.101. The molecule has 5 nitrogen and oxygen atoms in total. The molecule has 0 radical (unpaired) electrons. The Morgan fingerprint density at radius 1 is 1.53 bits per heavy atom. The molecule has 2 aromatic rings. The fourth-order valence-electron chi connectivity index (χ4n) is 1.76. The van der Waals surface area contributed by atoms with Crippen molar-refractivity contribution in [1.82, 2.24) is 19.6 Å². The lowest BCUT2D eigenvalue weighted by atomic mass is 10.2. The van der Waals surface area contributed by atoms with E-state index in [4.69, 9.17) is 0 Å². The second-order valence-electron chi connectivity index (χ2n) is 3.78. The molecular formula is C11H13BrN4O. The van der Waals surface area contributed by atoms with Crippen LogP contribution in [0.15, 0.2) is 16.7 Å². The highest BCUT2D eigenvalue weighted by Gasteiger charge is 2.21. The first kappa shape index (κ1) is 12.0. The van der Waals surface area contributed by atoms with Gasteiger partial charge in [0.15, 0.2) is 0 Å². The number of halogens is 1. The van der Waals surface area contributed by atoms with Crippen LogP contribution in [0.1, 0.15) is 28.8 Å². The predicted molar refractivity (Wildman–Crippen MR) is 67.0 cm³/mol. The molecule has 0 bridgehead atoms. The van der Waals surface area contributed by atoms with Crippen LogP contribution >= 0.6 is 15.9 Å². The molecule has 0 aliphatic rings. The number of nitrogens with zero attached hydrogens (tertiary/aromatic N) is 4. The lowest BCUT2D eigenvalue weighted by Crippen LogP contribution is -2.14. The Morgan fingerprint density at radius 3 is 2.76 bits per heavy atom. The minimum absolute atomic E-state index is 0.0701. The summed E-state index contributed by atoms with van der Waals surface area (Å²) < 4.78 is 3.97. The normalized spacial score (nSPS) is 10.8. The van der Waals surface area contributed by atoms with Crippen LogP contribution in [0.4, 0.5) is 0 Å². The average Bonchev–Trinajstić information content (AvgIpc) is 2.82. The van der Waals surface area contributed by atoms with Gasteiger partial charge in [0.05, 0.1) is 16.4 Å². The molecular weight excluding hydrogens is 284 g/mol. The Hall–Kier alpha value is -1.43. The van der Waals surface area contributed by atoms with Crippen molar-refractivity contribution in [3.8, 4) is 0 Å². The minimum atomic E-state index is -0.0701. The van der Waals surface area contributed by atoms with Crippen LogP contribution in [0.2, 0.25) is 0 Å². The second kappa shape index (κ2) is 4.44. The molecule has 0 amide bonds. The predicted octanol–water partition coefficient (Wildman–Crippen LogP) is 1.94. The van der Waals surface area contributed by atoms with Crippen molar-refractivity contribution in [2.45, 2.75) is 20.4 Å². The van der Waals surface area contributed by atoms with E-state index in [1.807, 2.05) is 13.8 Å². The number of hydrogen-bond acceptors (Lipinski definition) is 3. The fraction of sp³-hybridized carbons (Fsp3) is 0.364. The summed E-state index contributed by atoms with van der Waals surface area (Å²) >= 11 is 3.33. The Balaban J connectivity index is 2.51. The van der Waals surface area contributed by atoms with Gasteiger partial charge in [-0.15, -0.1) is 0 Å². The second-order valence-corrected chi connectivity index (χ2v) is 4.63. The molecule has 0 fully saturated rings. The van der Waals surface area contributed by atoms with E-state index in [9.17, 15) is 4.79 Å². The van der Waals surface area contributed by atoms with Crippen molar-refractivity contribution in [3.05, 3.63) is 33.8 Å². The topological polar surface area (TPSA) is 52.7 Å². The van der Waals surface area contributed by atoms with Crippen molar-refractivity contribution in [1.29, 1.82) is 0 Å². The van der Waals surface area contributed by atoms with E-state index in [0.717, 1.165) is 5.69 Å². The summed E-state index contributed by atoms with van der Waals surface area (Å²) in [6.45, 7) is 4.51. The van der Waals surface area contributed by atoms with E-state index in [1.165, 1.54) is 0 Å². The Kier molecular flexibility index (Phi) is 3.15. The zero-order chi connectivity index (χ0) is 12.6. The van der Waals surface area contributed by atoms with Crippen LogP contribution in [-0.4, -0.2) is 25.3 Å². The summed E-state index contributed by atoms with van der Waals surface area (Å²) in [5.41, 5.74) is 1.97. The number of aromatic nitrogens is 4. The molecule has 2 heterocycles. The molecule has 0 aromatic carbocycles. The van der Waals surface area contributed by atoms with Crippen LogP contribution in [0, 0.1) is 6.92 Å². The first-order valence-corrected chi connectivity index (χ1v) is 6.10. The molecule has 2 aromatic heterocycles. The highest BCUT2D eigenvalue weighted by molar-refractivity contribution is 9.10. The van der Waals surface area contributed by atoms with Gasteiger partial charge in [-0.2, -0.15) is 10.2 Å². The van der Waals surface area contributed by atoms with E-state index in [-0.39, 0.29) is 5.78 Å². The Bertz CT molecular complexity index is 551.